The fourth-order valence-electron chi connectivity index (χ4n) is 2.67. The number of hydrogen-bond donors (Lipinski definition) is 2. The molecule has 0 saturated heterocycles. The van der Waals surface area contributed by atoms with Gasteiger partial charge in [-0.1, -0.05) is 33.1 Å². The van der Waals surface area contributed by atoms with E-state index in [0.29, 0.717) is 11.0 Å². The van der Waals surface area contributed by atoms with Gasteiger partial charge in [0, 0.05) is 31.5 Å². The highest BCUT2D eigenvalue weighted by Gasteiger charge is 2.13. The van der Waals surface area contributed by atoms with Crippen LogP contribution in [0.4, 0.5) is 5.69 Å². The third kappa shape index (κ3) is 7.08. The van der Waals surface area contributed by atoms with Crippen LogP contribution >= 0.6 is 12.2 Å². The molecule has 1 unspecified atom stereocenters. The van der Waals surface area contributed by atoms with Gasteiger partial charge in [-0.2, -0.15) is 0 Å². The predicted molar refractivity (Wildman–Crippen MR) is 106 cm³/mol. The van der Waals surface area contributed by atoms with E-state index in [2.05, 4.69) is 24.5 Å². The number of benzene rings is 1. The third-order valence-electron chi connectivity index (χ3n) is 4.28. The smallest absolute Gasteiger partial charge is 0.231 e. The summed E-state index contributed by atoms with van der Waals surface area (Å²) in [7, 11) is 0. The van der Waals surface area contributed by atoms with E-state index in [0.717, 1.165) is 43.4 Å². The molecule has 0 aromatic heterocycles. The number of thiocarbonyl (C=S) groups is 1. The van der Waals surface area contributed by atoms with Gasteiger partial charge in [0.05, 0.1) is 0 Å². The molecule has 2 rings (SSSR count). The molecule has 0 saturated carbocycles. The van der Waals surface area contributed by atoms with Crippen molar-refractivity contribution in [2.45, 2.75) is 46.0 Å². The highest BCUT2D eigenvalue weighted by molar-refractivity contribution is 7.80. The SMILES string of the molecule is CCCCC(CC)COCCCNC(=S)Nc1ccc2c(c1)OCO2. The van der Waals surface area contributed by atoms with Gasteiger partial charge in [-0.25, -0.2) is 0 Å². The average molecular weight is 367 g/mol. The maximum Gasteiger partial charge on any atom is 0.231 e. The molecule has 0 amide bonds. The van der Waals surface area contributed by atoms with E-state index in [-0.39, 0.29) is 6.79 Å². The quantitative estimate of drug-likeness (QED) is 0.449. The second kappa shape index (κ2) is 11.2. The second-order valence-corrected chi connectivity index (χ2v) is 6.70. The van der Waals surface area contributed by atoms with Crippen LogP contribution in [0, 0.1) is 5.92 Å². The lowest BCUT2D eigenvalue weighted by Crippen LogP contribution is -2.29. The summed E-state index contributed by atoms with van der Waals surface area (Å²) < 4.78 is 16.5. The number of unbranched alkanes of at least 4 members (excludes halogenated alkanes) is 1. The van der Waals surface area contributed by atoms with Gasteiger partial charge in [-0.05, 0) is 43.1 Å². The Labute approximate surface area is 156 Å². The Bertz CT molecular complexity index is 539. The molecule has 0 spiro atoms. The second-order valence-electron chi connectivity index (χ2n) is 6.29. The lowest BCUT2D eigenvalue weighted by molar-refractivity contribution is 0.0928. The Kier molecular flexibility index (Phi) is 8.83. The lowest BCUT2D eigenvalue weighted by atomic mass is 10.0. The van der Waals surface area contributed by atoms with Crippen LogP contribution in [0.1, 0.15) is 46.0 Å². The van der Waals surface area contributed by atoms with Crippen molar-refractivity contribution in [1.29, 1.82) is 0 Å². The Morgan fingerprint density at radius 3 is 2.88 bits per heavy atom. The van der Waals surface area contributed by atoms with Gasteiger partial charge < -0.3 is 24.8 Å². The number of hydrogen-bond acceptors (Lipinski definition) is 4. The topological polar surface area (TPSA) is 51.8 Å². The largest absolute Gasteiger partial charge is 0.454 e. The van der Waals surface area contributed by atoms with E-state index in [1.807, 2.05) is 18.2 Å². The molecule has 2 N–H and O–H groups in total. The zero-order valence-electron chi connectivity index (χ0n) is 15.3. The van der Waals surface area contributed by atoms with Crippen molar-refractivity contribution in [3.63, 3.8) is 0 Å². The number of rotatable bonds is 11. The fourth-order valence-corrected chi connectivity index (χ4v) is 2.89. The van der Waals surface area contributed by atoms with Gasteiger partial charge in [0.2, 0.25) is 6.79 Å². The first-order valence-electron chi connectivity index (χ1n) is 9.25. The first-order valence-corrected chi connectivity index (χ1v) is 9.66. The number of fused-ring (bicyclic) bond motifs is 1. The van der Waals surface area contributed by atoms with Gasteiger partial charge in [-0.3, -0.25) is 0 Å². The van der Waals surface area contributed by atoms with Crippen LogP contribution in [0.3, 0.4) is 0 Å². The maximum absolute atomic E-state index is 5.80. The minimum absolute atomic E-state index is 0.277. The Morgan fingerprint density at radius 1 is 1.24 bits per heavy atom. The molecule has 1 aliphatic heterocycles. The zero-order chi connectivity index (χ0) is 17.9. The molecule has 1 heterocycles. The molecule has 0 radical (unpaired) electrons. The predicted octanol–water partition coefficient (Wildman–Crippen LogP) is 4.32. The normalized spacial score (nSPS) is 13.5. The van der Waals surface area contributed by atoms with Crippen molar-refractivity contribution in [2.75, 3.05) is 31.9 Å². The average Bonchev–Trinajstić information content (AvgIpc) is 3.08. The maximum atomic E-state index is 5.80. The first-order chi connectivity index (χ1) is 12.2. The lowest BCUT2D eigenvalue weighted by Gasteiger charge is -2.15. The highest BCUT2D eigenvalue weighted by atomic mass is 32.1. The zero-order valence-corrected chi connectivity index (χ0v) is 16.1. The molecule has 0 aliphatic carbocycles. The van der Waals surface area contributed by atoms with Crippen molar-refractivity contribution in [3.8, 4) is 11.5 Å². The van der Waals surface area contributed by atoms with Crippen LogP contribution in [0.5, 0.6) is 11.5 Å². The number of nitrogens with one attached hydrogen (secondary N) is 2. The molecule has 6 heteroatoms. The summed E-state index contributed by atoms with van der Waals surface area (Å²) in [6, 6.07) is 5.69. The monoisotopic (exact) mass is 366 g/mol. The molecular weight excluding hydrogens is 336 g/mol. The van der Waals surface area contributed by atoms with Crippen molar-refractivity contribution < 1.29 is 14.2 Å². The van der Waals surface area contributed by atoms with Crippen LogP contribution in [-0.2, 0) is 4.74 Å². The molecule has 0 bridgehead atoms. The van der Waals surface area contributed by atoms with Gasteiger partial charge in [0.15, 0.2) is 16.6 Å². The Balaban J connectivity index is 1.55. The van der Waals surface area contributed by atoms with Crippen LogP contribution in [0.25, 0.3) is 0 Å². The highest BCUT2D eigenvalue weighted by Crippen LogP contribution is 2.34. The standard InChI is InChI=1S/C19H30N2O3S/c1-3-5-7-15(4-2)13-22-11-6-10-20-19(25)21-16-8-9-17-18(12-16)24-14-23-17/h8-9,12,15H,3-7,10-11,13-14H2,1-2H3,(H2,20,21,25). The van der Waals surface area contributed by atoms with E-state index in [1.165, 1.54) is 25.7 Å². The van der Waals surface area contributed by atoms with E-state index >= 15 is 0 Å². The summed E-state index contributed by atoms with van der Waals surface area (Å²) >= 11 is 5.32. The summed E-state index contributed by atoms with van der Waals surface area (Å²) in [4.78, 5) is 0. The van der Waals surface area contributed by atoms with Gasteiger partial charge in [0.25, 0.3) is 0 Å². The minimum atomic E-state index is 0.277. The fraction of sp³-hybridized carbons (Fsp3) is 0.632. The molecule has 1 aliphatic rings. The van der Waals surface area contributed by atoms with Gasteiger partial charge in [-0.15, -0.1) is 0 Å². The Morgan fingerprint density at radius 2 is 2.08 bits per heavy atom. The van der Waals surface area contributed by atoms with Crippen molar-refractivity contribution in [3.05, 3.63) is 18.2 Å². The summed E-state index contributed by atoms with van der Waals surface area (Å²) in [5, 5.41) is 6.97. The van der Waals surface area contributed by atoms with E-state index in [4.69, 9.17) is 26.4 Å². The number of ether oxygens (including phenoxy) is 3. The molecule has 5 nitrogen and oxygen atoms in total. The third-order valence-corrected chi connectivity index (χ3v) is 4.52. The Hall–Kier alpha value is -1.53. The molecule has 1 atom stereocenters. The van der Waals surface area contributed by atoms with E-state index in [1.54, 1.807) is 0 Å². The molecule has 1 aromatic rings. The summed E-state index contributed by atoms with van der Waals surface area (Å²) in [5.41, 5.74) is 0.889. The molecule has 140 valence electrons. The minimum Gasteiger partial charge on any atom is -0.454 e. The van der Waals surface area contributed by atoms with E-state index < -0.39 is 0 Å². The summed E-state index contributed by atoms with van der Waals surface area (Å²) in [6.07, 6.45) is 5.96. The van der Waals surface area contributed by atoms with Crippen molar-refractivity contribution in [1.82, 2.24) is 5.32 Å². The van der Waals surface area contributed by atoms with E-state index in [9.17, 15) is 0 Å². The molecule has 0 fully saturated rings. The van der Waals surface area contributed by atoms with Crippen molar-refractivity contribution in [2.24, 2.45) is 5.92 Å². The number of anilines is 1. The van der Waals surface area contributed by atoms with Crippen LogP contribution < -0.4 is 20.1 Å². The summed E-state index contributed by atoms with van der Waals surface area (Å²) in [5.74, 6) is 2.21. The van der Waals surface area contributed by atoms with Crippen LogP contribution in [-0.4, -0.2) is 31.7 Å². The van der Waals surface area contributed by atoms with Crippen LogP contribution in [0.15, 0.2) is 18.2 Å². The molecule has 25 heavy (non-hydrogen) atoms. The first kappa shape index (κ1) is 19.8. The van der Waals surface area contributed by atoms with Crippen LogP contribution in [0.2, 0.25) is 0 Å². The van der Waals surface area contributed by atoms with Gasteiger partial charge in [0.1, 0.15) is 0 Å². The van der Waals surface area contributed by atoms with Crippen molar-refractivity contribution >= 4 is 23.0 Å². The van der Waals surface area contributed by atoms with Gasteiger partial charge >= 0.3 is 0 Å². The molecule has 1 aromatic carbocycles. The molecular formula is C19H30N2O3S. The summed E-state index contributed by atoms with van der Waals surface area (Å²) in [6.45, 7) is 7.19.